The van der Waals surface area contributed by atoms with Gasteiger partial charge in [-0.3, -0.25) is 14.8 Å². The summed E-state index contributed by atoms with van der Waals surface area (Å²) in [4.78, 5) is 23.0. The minimum absolute atomic E-state index is 0.0571. The molecule has 5 N–H and O–H groups in total. The van der Waals surface area contributed by atoms with E-state index in [1.54, 1.807) is 12.1 Å². The quantitative estimate of drug-likeness (QED) is 0.469. The molecule has 1 aliphatic carbocycles. The monoisotopic (exact) mass is 278 g/mol. The topological polar surface area (TPSA) is 113 Å². The molecule has 108 valence electrons. The standard InChI is InChI=1S/C14H18N2O4/c15-12(18)10-3-2-9(8-11(10)13(19)16-20)14(6-7-17)4-1-5-14/h2-3,8,17,20H,1,4-7H2,(H2,15,18)(H,16,19). The average Bonchev–Trinajstić information content (AvgIpc) is 2.41. The number of hydrogen-bond acceptors (Lipinski definition) is 4. The molecule has 0 aromatic heterocycles. The van der Waals surface area contributed by atoms with E-state index < -0.39 is 11.8 Å². The fraction of sp³-hybridized carbons (Fsp3) is 0.429. The summed E-state index contributed by atoms with van der Waals surface area (Å²) < 4.78 is 0. The van der Waals surface area contributed by atoms with Gasteiger partial charge in [0.15, 0.2) is 0 Å². The van der Waals surface area contributed by atoms with Crippen molar-refractivity contribution in [2.45, 2.75) is 31.1 Å². The van der Waals surface area contributed by atoms with Gasteiger partial charge in [-0.1, -0.05) is 12.5 Å². The Hall–Kier alpha value is -1.92. The lowest BCUT2D eigenvalue weighted by atomic mass is 9.62. The summed E-state index contributed by atoms with van der Waals surface area (Å²) in [5.74, 6) is -1.49. The summed E-state index contributed by atoms with van der Waals surface area (Å²) in [5.41, 5.74) is 7.63. The van der Waals surface area contributed by atoms with Crippen LogP contribution in [0.15, 0.2) is 18.2 Å². The Morgan fingerprint density at radius 2 is 2.00 bits per heavy atom. The Morgan fingerprint density at radius 1 is 1.30 bits per heavy atom. The van der Waals surface area contributed by atoms with Gasteiger partial charge in [0.05, 0.1) is 11.1 Å². The maximum atomic E-state index is 11.7. The van der Waals surface area contributed by atoms with Gasteiger partial charge in [-0.15, -0.1) is 0 Å². The third kappa shape index (κ3) is 2.39. The van der Waals surface area contributed by atoms with E-state index in [0.717, 1.165) is 24.8 Å². The molecule has 2 amide bonds. The van der Waals surface area contributed by atoms with E-state index in [1.165, 1.54) is 11.5 Å². The highest BCUT2D eigenvalue weighted by Gasteiger charge is 2.38. The van der Waals surface area contributed by atoms with E-state index in [4.69, 9.17) is 10.9 Å². The first-order valence-electron chi connectivity index (χ1n) is 6.54. The first-order valence-corrected chi connectivity index (χ1v) is 6.54. The normalized spacial score (nSPS) is 16.3. The molecule has 0 bridgehead atoms. The van der Waals surface area contributed by atoms with Gasteiger partial charge in [0.2, 0.25) is 5.91 Å². The molecule has 0 aliphatic heterocycles. The van der Waals surface area contributed by atoms with Crippen LogP contribution in [0.2, 0.25) is 0 Å². The lowest BCUT2D eigenvalue weighted by Crippen LogP contribution is -2.36. The molecule has 1 aliphatic rings. The lowest BCUT2D eigenvalue weighted by Gasteiger charge is -2.42. The molecule has 2 rings (SSSR count). The molecule has 20 heavy (non-hydrogen) atoms. The smallest absolute Gasteiger partial charge is 0.275 e. The van der Waals surface area contributed by atoms with Crippen molar-refractivity contribution in [2.75, 3.05) is 6.61 Å². The predicted molar refractivity (Wildman–Crippen MR) is 71.4 cm³/mol. The number of aliphatic hydroxyl groups excluding tert-OH is 1. The molecule has 1 aromatic carbocycles. The zero-order valence-corrected chi connectivity index (χ0v) is 11.1. The molecule has 0 unspecified atom stereocenters. The van der Waals surface area contributed by atoms with Crippen molar-refractivity contribution in [3.8, 4) is 0 Å². The predicted octanol–water partition coefficient (Wildman–Crippen LogP) is 0.709. The summed E-state index contributed by atoms with van der Waals surface area (Å²) in [6, 6.07) is 4.85. The zero-order valence-electron chi connectivity index (χ0n) is 11.1. The van der Waals surface area contributed by atoms with Crippen molar-refractivity contribution in [3.63, 3.8) is 0 Å². The molecule has 0 heterocycles. The van der Waals surface area contributed by atoms with Gasteiger partial charge in [-0.05, 0) is 42.4 Å². The molecule has 1 saturated carbocycles. The number of primary amides is 1. The van der Waals surface area contributed by atoms with Crippen molar-refractivity contribution in [1.29, 1.82) is 0 Å². The number of carbonyl (C=O) groups is 2. The van der Waals surface area contributed by atoms with Crippen LogP contribution in [-0.4, -0.2) is 28.7 Å². The highest BCUT2D eigenvalue weighted by Crippen LogP contribution is 2.46. The highest BCUT2D eigenvalue weighted by molar-refractivity contribution is 6.06. The summed E-state index contributed by atoms with van der Waals surface area (Å²) >= 11 is 0. The Bertz CT molecular complexity index is 538. The molecular weight excluding hydrogens is 260 g/mol. The van der Waals surface area contributed by atoms with Gasteiger partial charge in [0.25, 0.3) is 5.91 Å². The van der Waals surface area contributed by atoms with Crippen LogP contribution in [-0.2, 0) is 5.41 Å². The summed E-state index contributed by atoms with van der Waals surface area (Å²) in [7, 11) is 0. The van der Waals surface area contributed by atoms with Crippen molar-refractivity contribution in [1.82, 2.24) is 5.48 Å². The molecule has 0 saturated heterocycles. The molecule has 1 fully saturated rings. The number of hydrogen-bond donors (Lipinski definition) is 4. The van der Waals surface area contributed by atoms with Crippen LogP contribution in [0.4, 0.5) is 0 Å². The van der Waals surface area contributed by atoms with Crippen LogP contribution < -0.4 is 11.2 Å². The number of nitrogens with one attached hydrogen (secondary N) is 1. The second-order valence-corrected chi connectivity index (χ2v) is 5.17. The lowest BCUT2D eigenvalue weighted by molar-refractivity contribution is 0.0702. The number of amides is 2. The second-order valence-electron chi connectivity index (χ2n) is 5.17. The number of hydroxylamine groups is 1. The third-order valence-corrected chi connectivity index (χ3v) is 4.14. The third-order valence-electron chi connectivity index (χ3n) is 4.14. The molecular formula is C14H18N2O4. The second kappa shape index (κ2) is 5.60. The van der Waals surface area contributed by atoms with Gasteiger partial charge >= 0.3 is 0 Å². The Kier molecular flexibility index (Phi) is 4.06. The van der Waals surface area contributed by atoms with E-state index in [9.17, 15) is 14.7 Å². The number of rotatable bonds is 5. The number of nitrogens with two attached hydrogens (primary N) is 1. The molecule has 1 aromatic rings. The molecule has 0 atom stereocenters. The SMILES string of the molecule is NC(=O)c1ccc(C2(CCO)CCC2)cc1C(=O)NO. The molecule has 6 nitrogen and oxygen atoms in total. The zero-order chi connectivity index (χ0) is 14.8. The van der Waals surface area contributed by atoms with Gasteiger partial charge in [-0.2, -0.15) is 0 Å². The maximum Gasteiger partial charge on any atom is 0.275 e. The first kappa shape index (κ1) is 14.5. The van der Waals surface area contributed by atoms with Crippen molar-refractivity contribution in [2.24, 2.45) is 5.73 Å². The Balaban J connectivity index is 2.46. The van der Waals surface area contributed by atoms with Gasteiger partial charge < -0.3 is 10.8 Å². The number of benzene rings is 1. The summed E-state index contributed by atoms with van der Waals surface area (Å²) in [5, 5.41) is 18.0. The number of aliphatic hydroxyl groups is 1. The van der Waals surface area contributed by atoms with Crippen LogP contribution in [0.1, 0.15) is 52.0 Å². The van der Waals surface area contributed by atoms with E-state index in [2.05, 4.69) is 0 Å². The largest absolute Gasteiger partial charge is 0.396 e. The summed E-state index contributed by atoms with van der Waals surface area (Å²) in [6.07, 6.45) is 3.55. The fourth-order valence-corrected chi connectivity index (χ4v) is 2.84. The van der Waals surface area contributed by atoms with Crippen LogP contribution in [0.3, 0.4) is 0 Å². The van der Waals surface area contributed by atoms with E-state index in [0.29, 0.717) is 6.42 Å². The minimum atomic E-state index is -0.765. The van der Waals surface area contributed by atoms with Crippen LogP contribution in [0, 0.1) is 0 Å². The van der Waals surface area contributed by atoms with Crippen LogP contribution in [0.5, 0.6) is 0 Å². The summed E-state index contributed by atoms with van der Waals surface area (Å²) in [6.45, 7) is 0.0686. The van der Waals surface area contributed by atoms with Crippen molar-refractivity contribution >= 4 is 11.8 Å². The van der Waals surface area contributed by atoms with Crippen molar-refractivity contribution in [3.05, 3.63) is 34.9 Å². The van der Waals surface area contributed by atoms with E-state index >= 15 is 0 Å². The minimum Gasteiger partial charge on any atom is -0.396 e. The first-order chi connectivity index (χ1) is 9.54. The van der Waals surface area contributed by atoms with Crippen molar-refractivity contribution < 1.29 is 19.9 Å². The van der Waals surface area contributed by atoms with Gasteiger partial charge in [-0.25, -0.2) is 5.48 Å². The van der Waals surface area contributed by atoms with E-state index in [1.807, 2.05) is 0 Å². The molecule has 0 spiro atoms. The maximum absolute atomic E-state index is 11.7. The van der Waals surface area contributed by atoms with E-state index in [-0.39, 0.29) is 23.1 Å². The molecule has 6 heteroatoms. The average molecular weight is 278 g/mol. The molecule has 0 radical (unpaired) electrons. The van der Waals surface area contributed by atoms with Gasteiger partial charge in [0, 0.05) is 6.61 Å². The van der Waals surface area contributed by atoms with Crippen LogP contribution >= 0.6 is 0 Å². The Morgan fingerprint density at radius 3 is 2.45 bits per heavy atom. The number of carbonyl (C=O) groups excluding carboxylic acids is 2. The highest BCUT2D eigenvalue weighted by atomic mass is 16.5. The van der Waals surface area contributed by atoms with Gasteiger partial charge in [0.1, 0.15) is 0 Å². The fourth-order valence-electron chi connectivity index (χ4n) is 2.84. The van der Waals surface area contributed by atoms with Crippen LogP contribution in [0.25, 0.3) is 0 Å². The Labute approximate surface area is 116 Å².